The summed E-state index contributed by atoms with van der Waals surface area (Å²) < 4.78 is 6.85. The van der Waals surface area contributed by atoms with Gasteiger partial charge in [0.2, 0.25) is 0 Å². The SMILES string of the molecule is Brc1ccc(COC2CCCCC2)nc1. The molecule has 1 heterocycles. The average molecular weight is 270 g/mol. The lowest BCUT2D eigenvalue weighted by Crippen LogP contribution is -2.16. The zero-order valence-electron chi connectivity index (χ0n) is 8.79. The number of pyridine rings is 1. The van der Waals surface area contributed by atoms with E-state index in [1.807, 2.05) is 18.3 Å². The first-order valence-corrected chi connectivity index (χ1v) is 6.36. The smallest absolute Gasteiger partial charge is 0.0891 e. The standard InChI is InChI=1S/C12H16BrNO/c13-10-6-7-11(14-8-10)9-15-12-4-2-1-3-5-12/h6-8,12H,1-5,9H2. The predicted octanol–water partition coefficient (Wildman–Crippen LogP) is 3.69. The molecule has 0 unspecified atom stereocenters. The minimum Gasteiger partial charge on any atom is -0.372 e. The van der Waals surface area contributed by atoms with Gasteiger partial charge in [-0.15, -0.1) is 0 Å². The highest BCUT2D eigenvalue weighted by molar-refractivity contribution is 9.10. The zero-order valence-corrected chi connectivity index (χ0v) is 10.4. The molecule has 2 rings (SSSR count). The lowest BCUT2D eigenvalue weighted by Gasteiger charge is -2.21. The van der Waals surface area contributed by atoms with Crippen molar-refractivity contribution in [2.75, 3.05) is 0 Å². The molecule has 0 atom stereocenters. The van der Waals surface area contributed by atoms with Gasteiger partial charge in [-0.25, -0.2) is 0 Å². The Bertz CT molecular complexity index is 293. The second-order valence-corrected chi connectivity index (χ2v) is 4.95. The summed E-state index contributed by atoms with van der Waals surface area (Å²) >= 11 is 3.37. The number of ether oxygens (including phenoxy) is 1. The first-order chi connectivity index (χ1) is 7.34. The monoisotopic (exact) mass is 269 g/mol. The Morgan fingerprint density at radius 1 is 1.27 bits per heavy atom. The van der Waals surface area contributed by atoms with Gasteiger partial charge in [0.25, 0.3) is 0 Å². The zero-order chi connectivity index (χ0) is 10.5. The summed E-state index contributed by atoms with van der Waals surface area (Å²) in [5.74, 6) is 0. The fraction of sp³-hybridized carbons (Fsp3) is 0.583. The molecule has 1 aromatic heterocycles. The molecule has 0 aromatic carbocycles. The van der Waals surface area contributed by atoms with Crippen molar-refractivity contribution in [1.29, 1.82) is 0 Å². The van der Waals surface area contributed by atoms with Gasteiger partial charge in [-0.2, -0.15) is 0 Å². The fourth-order valence-corrected chi connectivity index (χ4v) is 2.16. The Kier molecular flexibility index (Phi) is 4.15. The molecule has 0 aliphatic heterocycles. The van der Waals surface area contributed by atoms with Crippen LogP contribution in [-0.4, -0.2) is 11.1 Å². The summed E-state index contributed by atoms with van der Waals surface area (Å²) in [4.78, 5) is 4.29. The topological polar surface area (TPSA) is 22.1 Å². The Morgan fingerprint density at radius 3 is 2.73 bits per heavy atom. The quantitative estimate of drug-likeness (QED) is 0.835. The Hall–Kier alpha value is -0.410. The molecule has 0 saturated heterocycles. The van der Waals surface area contributed by atoms with Crippen LogP contribution < -0.4 is 0 Å². The molecule has 1 fully saturated rings. The highest BCUT2D eigenvalue weighted by atomic mass is 79.9. The normalized spacial score (nSPS) is 17.9. The Labute approximate surface area is 99.2 Å². The van der Waals surface area contributed by atoms with Crippen molar-refractivity contribution in [1.82, 2.24) is 4.98 Å². The molecule has 1 saturated carbocycles. The lowest BCUT2D eigenvalue weighted by atomic mass is 9.98. The molecule has 0 radical (unpaired) electrons. The van der Waals surface area contributed by atoms with Gasteiger partial charge in [0.1, 0.15) is 0 Å². The van der Waals surface area contributed by atoms with Crippen LogP contribution in [0.1, 0.15) is 37.8 Å². The number of hydrogen-bond acceptors (Lipinski definition) is 2. The molecule has 0 amide bonds. The van der Waals surface area contributed by atoms with Crippen molar-refractivity contribution in [2.24, 2.45) is 0 Å². The number of nitrogens with zero attached hydrogens (tertiary/aromatic N) is 1. The third-order valence-corrected chi connectivity index (χ3v) is 3.28. The van der Waals surface area contributed by atoms with E-state index in [0.717, 1.165) is 10.2 Å². The summed E-state index contributed by atoms with van der Waals surface area (Å²) in [6.45, 7) is 0.651. The van der Waals surface area contributed by atoms with E-state index in [9.17, 15) is 0 Å². The molecule has 15 heavy (non-hydrogen) atoms. The Balaban J connectivity index is 1.79. The maximum absolute atomic E-state index is 5.83. The van der Waals surface area contributed by atoms with E-state index in [1.165, 1.54) is 32.1 Å². The van der Waals surface area contributed by atoms with Gasteiger partial charge < -0.3 is 4.74 Å². The van der Waals surface area contributed by atoms with Crippen LogP contribution in [0.2, 0.25) is 0 Å². The Morgan fingerprint density at radius 2 is 2.07 bits per heavy atom. The second kappa shape index (κ2) is 5.61. The second-order valence-electron chi connectivity index (χ2n) is 4.04. The van der Waals surface area contributed by atoms with Gasteiger partial charge in [-0.3, -0.25) is 4.98 Å². The summed E-state index contributed by atoms with van der Waals surface area (Å²) in [7, 11) is 0. The first kappa shape index (κ1) is 11.1. The molecule has 3 heteroatoms. The maximum Gasteiger partial charge on any atom is 0.0891 e. The van der Waals surface area contributed by atoms with Crippen molar-refractivity contribution in [3.8, 4) is 0 Å². The van der Waals surface area contributed by atoms with E-state index in [1.54, 1.807) is 0 Å². The van der Waals surface area contributed by atoms with E-state index in [0.29, 0.717) is 12.7 Å². The summed E-state index contributed by atoms with van der Waals surface area (Å²) in [5.41, 5.74) is 1.02. The highest BCUT2D eigenvalue weighted by Gasteiger charge is 2.13. The van der Waals surface area contributed by atoms with E-state index in [2.05, 4.69) is 20.9 Å². The molecule has 2 nitrogen and oxygen atoms in total. The van der Waals surface area contributed by atoms with Crippen LogP contribution in [0.5, 0.6) is 0 Å². The number of aromatic nitrogens is 1. The van der Waals surface area contributed by atoms with Crippen LogP contribution in [0.15, 0.2) is 22.8 Å². The number of rotatable bonds is 3. The van der Waals surface area contributed by atoms with E-state index in [4.69, 9.17) is 4.74 Å². The average Bonchev–Trinajstić information content (AvgIpc) is 2.30. The van der Waals surface area contributed by atoms with E-state index in [-0.39, 0.29) is 0 Å². The summed E-state index contributed by atoms with van der Waals surface area (Å²) in [5, 5.41) is 0. The minimum absolute atomic E-state index is 0.462. The largest absolute Gasteiger partial charge is 0.372 e. The van der Waals surface area contributed by atoms with Crippen LogP contribution >= 0.6 is 15.9 Å². The molecule has 1 aliphatic carbocycles. The van der Waals surface area contributed by atoms with Crippen molar-refractivity contribution < 1.29 is 4.74 Å². The lowest BCUT2D eigenvalue weighted by molar-refractivity contribution is 0.0152. The van der Waals surface area contributed by atoms with Gasteiger partial charge in [0.15, 0.2) is 0 Å². The highest BCUT2D eigenvalue weighted by Crippen LogP contribution is 2.21. The van der Waals surface area contributed by atoms with Crippen LogP contribution in [0, 0.1) is 0 Å². The minimum atomic E-state index is 0.462. The van der Waals surface area contributed by atoms with Crippen molar-refractivity contribution in [3.63, 3.8) is 0 Å². The summed E-state index contributed by atoms with van der Waals surface area (Å²) in [6, 6.07) is 4.01. The molecule has 0 bridgehead atoms. The van der Waals surface area contributed by atoms with Crippen LogP contribution in [0.4, 0.5) is 0 Å². The predicted molar refractivity (Wildman–Crippen MR) is 63.6 cm³/mol. The molecular weight excluding hydrogens is 254 g/mol. The molecule has 1 aromatic rings. The van der Waals surface area contributed by atoms with E-state index < -0.39 is 0 Å². The van der Waals surface area contributed by atoms with Crippen LogP contribution in [0.25, 0.3) is 0 Å². The van der Waals surface area contributed by atoms with Crippen molar-refractivity contribution in [3.05, 3.63) is 28.5 Å². The van der Waals surface area contributed by atoms with Gasteiger partial charge in [-0.05, 0) is 40.9 Å². The number of hydrogen-bond donors (Lipinski definition) is 0. The van der Waals surface area contributed by atoms with Crippen molar-refractivity contribution >= 4 is 15.9 Å². The molecule has 82 valence electrons. The van der Waals surface area contributed by atoms with Gasteiger partial charge in [-0.1, -0.05) is 19.3 Å². The van der Waals surface area contributed by atoms with Crippen LogP contribution in [-0.2, 0) is 11.3 Å². The molecular formula is C12H16BrNO. The third kappa shape index (κ3) is 3.58. The van der Waals surface area contributed by atoms with Crippen molar-refractivity contribution in [2.45, 2.75) is 44.8 Å². The van der Waals surface area contributed by atoms with Gasteiger partial charge in [0.05, 0.1) is 18.4 Å². The third-order valence-electron chi connectivity index (χ3n) is 2.81. The molecule has 0 N–H and O–H groups in total. The molecule has 1 aliphatic rings. The maximum atomic E-state index is 5.83. The molecule has 0 spiro atoms. The van der Waals surface area contributed by atoms with E-state index >= 15 is 0 Å². The van der Waals surface area contributed by atoms with Crippen LogP contribution in [0.3, 0.4) is 0 Å². The number of halogens is 1. The summed E-state index contributed by atoms with van der Waals surface area (Å²) in [6.07, 6.45) is 8.73. The first-order valence-electron chi connectivity index (χ1n) is 5.56. The van der Waals surface area contributed by atoms with Gasteiger partial charge in [0, 0.05) is 10.7 Å². The van der Waals surface area contributed by atoms with Gasteiger partial charge >= 0.3 is 0 Å². The fourth-order valence-electron chi connectivity index (χ4n) is 1.93.